The lowest BCUT2D eigenvalue weighted by Crippen LogP contribution is -2.18. The van der Waals surface area contributed by atoms with Gasteiger partial charge >= 0.3 is 0 Å². The van der Waals surface area contributed by atoms with Gasteiger partial charge in [0.15, 0.2) is 0 Å². The summed E-state index contributed by atoms with van der Waals surface area (Å²) in [5.41, 5.74) is 8.86. The number of H-pyrrole nitrogens is 1. The fraction of sp³-hybridized carbons (Fsp3) is 0.133. The van der Waals surface area contributed by atoms with Crippen molar-refractivity contribution in [3.05, 3.63) is 59.3 Å². The van der Waals surface area contributed by atoms with Crippen LogP contribution in [0.2, 0.25) is 0 Å². The summed E-state index contributed by atoms with van der Waals surface area (Å²) in [4.78, 5) is 23.9. The third-order valence-electron chi connectivity index (χ3n) is 3.36. The number of anilines is 1. The Morgan fingerprint density at radius 1 is 1.13 bits per heavy atom. The molecule has 0 saturated heterocycles. The first-order chi connectivity index (χ1) is 11.1. The number of carbonyl (C=O) groups excluding carboxylic acids is 2. The van der Waals surface area contributed by atoms with E-state index >= 15 is 0 Å². The third kappa shape index (κ3) is 3.31. The SMILES string of the molecule is Nc1ccc(Cc2cocc2CC(=O)C(=O)c2nn[nH]n2)cc1. The molecule has 0 atom stereocenters. The number of Topliss-reactive ketones (excluding diaryl/α,β-unsaturated/α-hetero) is 2. The highest BCUT2D eigenvalue weighted by molar-refractivity contribution is 6.43. The van der Waals surface area contributed by atoms with E-state index in [1.54, 1.807) is 18.4 Å². The van der Waals surface area contributed by atoms with Gasteiger partial charge in [0.05, 0.1) is 12.5 Å². The number of furan rings is 1. The molecule has 0 unspecified atom stereocenters. The number of hydrogen-bond acceptors (Lipinski definition) is 7. The number of carbonyl (C=O) groups is 2. The number of ketones is 2. The molecule has 0 aliphatic heterocycles. The Labute approximate surface area is 130 Å². The highest BCUT2D eigenvalue weighted by Gasteiger charge is 2.22. The van der Waals surface area contributed by atoms with Crippen LogP contribution in [-0.4, -0.2) is 32.2 Å². The van der Waals surface area contributed by atoms with Crippen LogP contribution in [0.4, 0.5) is 5.69 Å². The predicted molar refractivity (Wildman–Crippen MR) is 79.6 cm³/mol. The molecule has 2 heterocycles. The monoisotopic (exact) mass is 311 g/mol. The second-order valence-electron chi connectivity index (χ2n) is 5.01. The standard InChI is InChI=1S/C15H13N5O3/c16-12-3-1-9(2-4-12)5-10-7-23-8-11(10)6-13(21)14(22)15-17-19-20-18-15/h1-4,7-8H,5-6,16H2,(H,17,18,19,20). The van der Waals surface area contributed by atoms with E-state index in [0.29, 0.717) is 17.7 Å². The maximum Gasteiger partial charge on any atom is 0.269 e. The van der Waals surface area contributed by atoms with Crippen LogP contribution in [0, 0.1) is 0 Å². The summed E-state index contributed by atoms with van der Waals surface area (Å²) in [5.74, 6) is -1.64. The van der Waals surface area contributed by atoms with E-state index < -0.39 is 11.6 Å². The predicted octanol–water partition coefficient (Wildman–Crippen LogP) is 0.960. The second kappa shape index (κ2) is 6.22. The van der Waals surface area contributed by atoms with Crippen molar-refractivity contribution >= 4 is 17.3 Å². The van der Waals surface area contributed by atoms with Crippen molar-refractivity contribution in [3.8, 4) is 0 Å². The number of benzene rings is 1. The largest absolute Gasteiger partial charge is 0.472 e. The lowest BCUT2D eigenvalue weighted by molar-refractivity contribution is -0.114. The van der Waals surface area contributed by atoms with Crippen molar-refractivity contribution in [2.24, 2.45) is 0 Å². The lowest BCUT2D eigenvalue weighted by atomic mass is 9.99. The molecule has 2 aromatic heterocycles. The Balaban J connectivity index is 1.72. The number of nitrogen functional groups attached to an aromatic ring is 1. The Morgan fingerprint density at radius 2 is 1.87 bits per heavy atom. The van der Waals surface area contributed by atoms with Crippen molar-refractivity contribution in [2.75, 3.05) is 5.73 Å². The van der Waals surface area contributed by atoms with Crippen LogP contribution in [0.5, 0.6) is 0 Å². The Morgan fingerprint density at radius 3 is 2.57 bits per heavy atom. The van der Waals surface area contributed by atoms with Gasteiger partial charge in [-0.15, -0.1) is 10.2 Å². The van der Waals surface area contributed by atoms with Gasteiger partial charge in [-0.25, -0.2) is 0 Å². The zero-order valence-electron chi connectivity index (χ0n) is 12.0. The molecule has 3 N–H and O–H groups in total. The molecule has 8 heteroatoms. The Kier molecular flexibility index (Phi) is 3.96. The van der Waals surface area contributed by atoms with E-state index in [9.17, 15) is 9.59 Å². The number of nitrogens with zero attached hydrogens (tertiary/aromatic N) is 3. The van der Waals surface area contributed by atoms with Crippen LogP contribution in [0.15, 0.2) is 41.2 Å². The number of rotatable bonds is 6. The van der Waals surface area contributed by atoms with Crippen LogP contribution < -0.4 is 5.73 Å². The lowest BCUT2D eigenvalue weighted by Gasteiger charge is -2.03. The zero-order chi connectivity index (χ0) is 16.2. The van der Waals surface area contributed by atoms with E-state index in [1.807, 2.05) is 12.1 Å². The maximum atomic E-state index is 12.0. The van der Waals surface area contributed by atoms with Gasteiger partial charge in [0.25, 0.3) is 5.78 Å². The molecule has 3 aromatic rings. The first kappa shape index (κ1) is 14.6. The molecule has 0 radical (unpaired) electrons. The second-order valence-corrected chi connectivity index (χ2v) is 5.01. The van der Waals surface area contributed by atoms with E-state index in [1.165, 1.54) is 6.26 Å². The highest BCUT2D eigenvalue weighted by atomic mass is 16.3. The summed E-state index contributed by atoms with van der Waals surface area (Å²) in [7, 11) is 0. The molecule has 3 rings (SSSR count). The van der Waals surface area contributed by atoms with E-state index in [-0.39, 0.29) is 12.2 Å². The molecule has 8 nitrogen and oxygen atoms in total. The smallest absolute Gasteiger partial charge is 0.269 e. The van der Waals surface area contributed by atoms with Gasteiger partial charge in [-0.3, -0.25) is 9.59 Å². The molecule has 0 aliphatic rings. The van der Waals surface area contributed by atoms with Gasteiger partial charge in [0.2, 0.25) is 11.6 Å². The minimum atomic E-state index is -0.779. The third-order valence-corrected chi connectivity index (χ3v) is 3.36. The molecule has 0 spiro atoms. The number of hydrogen-bond donors (Lipinski definition) is 2. The van der Waals surface area contributed by atoms with Gasteiger partial charge < -0.3 is 10.2 Å². The van der Waals surface area contributed by atoms with E-state index in [0.717, 1.165) is 11.1 Å². The molecule has 0 aliphatic carbocycles. The van der Waals surface area contributed by atoms with Crippen LogP contribution in [0.1, 0.15) is 27.3 Å². The number of tetrazole rings is 1. The molecule has 0 fully saturated rings. The van der Waals surface area contributed by atoms with Gasteiger partial charge in [-0.05, 0) is 28.5 Å². The maximum absolute atomic E-state index is 12.0. The quantitative estimate of drug-likeness (QED) is 0.394. The molecule has 0 bridgehead atoms. The summed E-state index contributed by atoms with van der Waals surface area (Å²) >= 11 is 0. The summed E-state index contributed by atoms with van der Waals surface area (Å²) in [6.45, 7) is 0. The molecule has 0 amide bonds. The molecule has 23 heavy (non-hydrogen) atoms. The highest BCUT2D eigenvalue weighted by Crippen LogP contribution is 2.18. The number of nitrogens with one attached hydrogen (secondary N) is 1. The normalized spacial score (nSPS) is 10.6. The topological polar surface area (TPSA) is 128 Å². The fourth-order valence-electron chi connectivity index (χ4n) is 2.15. The van der Waals surface area contributed by atoms with E-state index in [2.05, 4.69) is 20.6 Å². The van der Waals surface area contributed by atoms with Gasteiger partial charge in [0.1, 0.15) is 0 Å². The van der Waals surface area contributed by atoms with Crippen molar-refractivity contribution in [1.82, 2.24) is 20.6 Å². The van der Waals surface area contributed by atoms with Crippen LogP contribution >= 0.6 is 0 Å². The minimum absolute atomic E-state index is 0.0752. The Bertz CT molecular complexity index is 821. The number of aromatic amines is 1. The average molecular weight is 311 g/mol. The first-order valence-electron chi connectivity index (χ1n) is 6.83. The zero-order valence-corrected chi connectivity index (χ0v) is 12.0. The van der Waals surface area contributed by atoms with Crippen molar-refractivity contribution < 1.29 is 14.0 Å². The Hall–Kier alpha value is -3.29. The summed E-state index contributed by atoms with van der Waals surface area (Å²) < 4.78 is 5.17. The van der Waals surface area contributed by atoms with Crippen molar-refractivity contribution in [2.45, 2.75) is 12.8 Å². The van der Waals surface area contributed by atoms with Crippen LogP contribution in [0.3, 0.4) is 0 Å². The average Bonchev–Trinajstić information content (AvgIpc) is 3.21. The molecule has 1 aromatic carbocycles. The summed E-state index contributed by atoms with van der Waals surface area (Å²) in [5, 5.41) is 12.4. The summed E-state index contributed by atoms with van der Waals surface area (Å²) in [6.07, 6.45) is 3.54. The van der Waals surface area contributed by atoms with Gasteiger partial charge in [-0.1, -0.05) is 12.1 Å². The van der Waals surface area contributed by atoms with Gasteiger partial charge in [0, 0.05) is 24.1 Å². The fourth-order valence-corrected chi connectivity index (χ4v) is 2.15. The molecular formula is C15H13N5O3. The van der Waals surface area contributed by atoms with Crippen LogP contribution in [-0.2, 0) is 17.6 Å². The van der Waals surface area contributed by atoms with E-state index in [4.69, 9.17) is 10.2 Å². The molecule has 0 saturated carbocycles. The van der Waals surface area contributed by atoms with Crippen molar-refractivity contribution in [1.29, 1.82) is 0 Å². The first-order valence-corrected chi connectivity index (χ1v) is 6.83. The van der Waals surface area contributed by atoms with Crippen LogP contribution in [0.25, 0.3) is 0 Å². The van der Waals surface area contributed by atoms with Gasteiger partial charge in [-0.2, -0.15) is 5.21 Å². The summed E-state index contributed by atoms with van der Waals surface area (Å²) in [6, 6.07) is 7.41. The number of aromatic nitrogens is 4. The molecular weight excluding hydrogens is 298 g/mol. The number of nitrogens with two attached hydrogens (primary N) is 1. The minimum Gasteiger partial charge on any atom is -0.472 e. The van der Waals surface area contributed by atoms with Crippen molar-refractivity contribution in [3.63, 3.8) is 0 Å². The molecule has 116 valence electrons.